The van der Waals surface area contributed by atoms with Gasteiger partial charge in [-0.1, -0.05) is 6.07 Å². The molecule has 4 aromatic rings. The first kappa shape index (κ1) is 23.5. The van der Waals surface area contributed by atoms with Crippen LogP contribution >= 0.6 is 0 Å². The summed E-state index contributed by atoms with van der Waals surface area (Å²) >= 11 is 0. The number of nitrogens with two attached hydrogens (primary N) is 1. The summed E-state index contributed by atoms with van der Waals surface area (Å²) in [6, 6.07) is 6.57. The van der Waals surface area contributed by atoms with Crippen LogP contribution in [0.25, 0.3) is 17.2 Å². The largest absolute Gasteiger partial charge is 0.485 e. The second-order valence-electron chi connectivity index (χ2n) is 8.33. The molecule has 36 heavy (non-hydrogen) atoms. The Hall–Kier alpha value is -4.29. The predicted octanol–water partition coefficient (Wildman–Crippen LogP) is 4.31. The maximum absolute atomic E-state index is 14.0. The van der Waals surface area contributed by atoms with Crippen molar-refractivity contribution in [2.45, 2.75) is 32.0 Å². The van der Waals surface area contributed by atoms with Crippen LogP contribution in [0.3, 0.4) is 0 Å². The number of imidazole rings is 1. The van der Waals surface area contributed by atoms with Crippen molar-refractivity contribution in [2.24, 2.45) is 0 Å². The number of aryl methyl sites for hydroxylation is 1. The van der Waals surface area contributed by atoms with E-state index in [2.05, 4.69) is 20.3 Å². The fraction of sp³-hybridized carbons (Fsp3) is 0.217. The molecule has 5 rings (SSSR count). The second-order valence-corrected chi connectivity index (χ2v) is 8.33. The Kier molecular flexibility index (Phi) is 5.12. The van der Waals surface area contributed by atoms with Crippen LogP contribution < -0.4 is 15.8 Å². The highest BCUT2D eigenvalue weighted by molar-refractivity contribution is 6.07. The zero-order valence-corrected chi connectivity index (χ0v) is 18.7. The third-order valence-electron chi connectivity index (χ3n) is 6.12. The van der Waals surface area contributed by atoms with E-state index in [0.29, 0.717) is 5.69 Å². The first-order valence-corrected chi connectivity index (χ1v) is 10.5. The summed E-state index contributed by atoms with van der Waals surface area (Å²) in [5.74, 6) is -3.60. The van der Waals surface area contributed by atoms with Crippen LogP contribution in [0.2, 0.25) is 0 Å². The van der Waals surface area contributed by atoms with E-state index >= 15 is 0 Å². The minimum atomic E-state index is -4.93. The molecule has 0 radical (unpaired) electrons. The Morgan fingerprint density at radius 2 is 1.81 bits per heavy atom. The number of hydrogen-bond acceptors (Lipinski definition) is 6. The zero-order chi connectivity index (χ0) is 26.0. The third kappa shape index (κ3) is 3.33. The molecule has 3 aromatic heterocycles. The molecule has 0 bridgehead atoms. The van der Waals surface area contributed by atoms with Gasteiger partial charge in [-0.2, -0.15) is 13.2 Å². The number of nitrogens with one attached hydrogen (secondary N) is 1. The van der Waals surface area contributed by atoms with Crippen LogP contribution in [-0.2, 0) is 16.8 Å². The molecule has 1 aliphatic heterocycles. The molecule has 4 heterocycles. The minimum Gasteiger partial charge on any atom is -0.485 e. The van der Waals surface area contributed by atoms with E-state index < -0.39 is 47.1 Å². The van der Waals surface area contributed by atoms with Gasteiger partial charge in [0, 0.05) is 6.20 Å². The summed E-state index contributed by atoms with van der Waals surface area (Å²) in [5, 5.41) is 2.15. The number of aromatic nitrogens is 4. The highest BCUT2D eigenvalue weighted by Gasteiger charge is 2.63. The van der Waals surface area contributed by atoms with E-state index in [9.17, 15) is 26.7 Å². The molecule has 8 nitrogen and oxygen atoms in total. The summed E-state index contributed by atoms with van der Waals surface area (Å²) < 4.78 is 76.3. The van der Waals surface area contributed by atoms with Crippen molar-refractivity contribution in [1.29, 1.82) is 0 Å². The molecule has 1 aromatic carbocycles. The molecule has 0 aliphatic carbocycles. The first-order valence-electron chi connectivity index (χ1n) is 10.5. The van der Waals surface area contributed by atoms with E-state index in [0.717, 1.165) is 19.1 Å². The highest BCUT2D eigenvalue weighted by Crippen LogP contribution is 2.50. The van der Waals surface area contributed by atoms with E-state index in [1.165, 1.54) is 16.5 Å². The molecule has 0 saturated heterocycles. The number of pyridine rings is 1. The fourth-order valence-electron chi connectivity index (χ4n) is 4.14. The number of rotatable bonds is 4. The lowest BCUT2D eigenvalue weighted by molar-refractivity contribution is -0.186. The van der Waals surface area contributed by atoms with Crippen LogP contribution in [0.15, 0.2) is 36.5 Å². The standard InChI is InChI=1S/C23H17F5N6O2/c1-10-16(19-31-17(29)15-18(32-19)33-21(35)22(15,2)23(26,27)28)34-8-4-7-14(20(34)30-10)36-9-11-12(24)5-3-6-13(11)25/h3-8H,9H2,1-2H3,(H3,29,31,32,33,35). The number of benzene rings is 1. The average Bonchev–Trinajstić information content (AvgIpc) is 3.27. The SMILES string of the molecule is Cc1nc2c(OCc3c(F)cccc3F)cccn2c1-c1nc(N)c2c(n1)NC(=O)C2(C)C(F)(F)F. The molecular weight excluding hydrogens is 487 g/mol. The average molecular weight is 504 g/mol. The maximum atomic E-state index is 14.0. The van der Waals surface area contributed by atoms with Gasteiger partial charge in [0.25, 0.3) is 0 Å². The van der Waals surface area contributed by atoms with Gasteiger partial charge in [-0.05, 0) is 38.1 Å². The van der Waals surface area contributed by atoms with Gasteiger partial charge >= 0.3 is 6.18 Å². The molecule has 0 saturated carbocycles. The molecule has 3 N–H and O–H groups in total. The number of hydrogen-bond donors (Lipinski definition) is 2. The van der Waals surface area contributed by atoms with Crippen molar-refractivity contribution in [3.63, 3.8) is 0 Å². The number of carbonyl (C=O) groups is 1. The Labute approximate surface area is 199 Å². The van der Waals surface area contributed by atoms with Crippen LogP contribution in [0, 0.1) is 18.6 Å². The smallest absolute Gasteiger partial charge is 0.407 e. The summed E-state index contributed by atoms with van der Waals surface area (Å²) in [5.41, 5.74) is 3.08. The number of ether oxygens (including phenoxy) is 1. The molecule has 0 spiro atoms. The normalized spacial score (nSPS) is 17.4. The van der Waals surface area contributed by atoms with Crippen molar-refractivity contribution in [2.75, 3.05) is 11.1 Å². The van der Waals surface area contributed by atoms with Gasteiger partial charge in [-0.25, -0.2) is 23.7 Å². The lowest BCUT2D eigenvalue weighted by atomic mass is 9.84. The molecular formula is C23H17F5N6O2. The molecule has 13 heteroatoms. The first-order chi connectivity index (χ1) is 16.9. The molecule has 1 aliphatic rings. The number of halogens is 5. The van der Waals surface area contributed by atoms with E-state index in [4.69, 9.17) is 10.5 Å². The van der Waals surface area contributed by atoms with Gasteiger partial charge in [-0.3, -0.25) is 9.20 Å². The molecule has 1 amide bonds. The number of nitrogen functional groups attached to an aromatic ring is 1. The monoisotopic (exact) mass is 504 g/mol. The Balaban J connectivity index is 1.58. The van der Waals surface area contributed by atoms with Gasteiger partial charge in [-0.15, -0.1) is 0 Å². The Bertz CT molecular complexity index is 1530. The van der Waals surface area contributed by atoms with Gasteiger partial charge < -0.3 is 15.8 Å². The van der Waals surface area contributed by atoms with E-state index in [1.54, 1.807) is 19.2 Å². The zero-order valence-electron chi connectivity index (χ0n) is 18.7. The summed E-state index contributed by atoms with van der Waals surface area (Å²) in [6.45, 7) is 1.91. The topological polar surface area (TPSA) is 107 Å². The Morgan fingerprint density at radius 3 is 2.47 bits per heavy atom. The van der Waals surface area contributed by atoms with Crippen molar-refractivity contribution in [3.05, 3.63) is 65.0 Å². The molecule has 186 valence electrons. The number of fused-ring (bicyclic) bond motifs is 2. The number of anilines is 2. The maximum Gasteiger partial charge on any atom is 0.407 e. The van der Waals surface area contributed by atoms with Crippen LogP contribution in [0.1, 0.15) is 23.7 Å². The van der Waals surface area contributed by atoms with Gasteiger partial charge in [0.1, 0.15) is 35.6 Å². The van der Waals surface area contributed by atoms with Crippen molar-refractivity contribution >= 4 is 23.2 Å². The van der Waals surface area contributed by atoms with Gasteiger partial charge in [0.05, 0.1) is 16.8 Å². The summed E-state index contributed by atoms with van der Waals surface area (Å²) in [6.07, 6.45) is -3.35. The van der Waals surface area contributed by atoms with Crippen molar-refractivity contribution in [1.82, 2.24) is 19.4 Å². The van der Waals surface area contributed by atoms with Gasteiger partial charge in [0.2, 0.25) is 5.91 Å². The minimum absolute atomic E-state index is 0.0831. The summed E-state index contributed by atoms with van der Waals surface area (Å²) in [7, 11) is 0. The highest BCUT2D eigenvalue weighted by atomic mass is 19.4. The molecule has 0 fully saturated rings. The second kappa shape index (κ2) is 7.86. The number of nitrogens with zero attached hydrogens (tertiary/aromatic N) is 4. The molecule has 1 unspecified atom stereocenters. The van der Waals surface area contributed by atoms with Gasteiger partial charge in [0.15, 0.2) is 22.6 Å². The number of carbonyl (C=O) groups excluding carboxylic acids is 1. The number of amides is 1. The summed E-state index contributed by atoms with van der Waals surface area (Å²) in [4.78, 5) is 24.9. The third-order valence-corrected chi connectivity index (χ3v) is 6.12. The van der Waals surface area contributed by atoms with Crippen molar-refractivity contribution < 1.29 is 31.5 Å². The van der Waals surface area contributed by atoms with Crippen LogP contribution in [-0.4, -0.2) is 31.4 Å². The fourth-order valence-corrected chi connectivity index (χ4v) is 4.14. The lowest BCUT2D eigenvalue weighted by Crippen LogP contribution is -2.45. The van der Waals surface area contributed by atoms with E-state index in [1.807, 2.05) is 0 Å². The van der Waals surface area contributed by atoms with E-state index in [-0.39, 0.29) is 34.3 Å². The quantitative estimate of drug-likeness (QED) is 0.401. The van der Waals surface area contributed by atoms with Crippen LogP contribution in [0.4, 0.5) is 33.6 Å². The molecule has 1 atom stereocenters. The Morgan fingerprint density at radius 1 is 1.11 bits per heavy atom. The van der Waals surface area contributed by atoms with Crippen molar-refractivity contribution in [3.8, 4) is 17.3 Å². The number of alkyl halides is 3. The lowest BCUT2D eigenvalue weighted by Gasteiger charge is -2.25. The van der Waals surface area contributed by atoms with Crippen LogP contribution in [0.5, 0.6) is 5.75 Å². The predicted molar refractivity (Wildman–Crippen MR) is 118 cm³/mol.